The van der Waals surface area contributed by atoms with Crippen molar-refractivity contribution in [1.29, 1.82) is 0 Å². The number of rotatable bonds is 5. The number of ether oxygens (including phenoxy) is 1. The molecule has 1 fully saturated rings. The lowest BCUT2D eigenvalue weighted by Gasteiger charge is -2.25. The van der Waals surface area contributed by atoms with E-state index in [1.807, 2.05) is 13.0 Å². The summed E-state index contributed by atoms with van der Waals surface area (Å²) in [5.74, 6) is 2.15. The van der Waals surface area contributed by atoms with E-state index in [-0.39, 0.29) is 0 Å². The van der Waals surface area contributed by atoms with E-state index in [4.69, 9.17) is 10.5 Å². The van der Waals surface area contributed by atoms with Gasteiger partial charge in [0, 0.05) is 25.3 Å². The summed E-state index contributed by atoms with van der Waals surface area (Å²) in [5, 5.41) is 0. The van der Waals surface area contributed by atoms with Crippen LogP contribution in [0.15, 0.2) is 6.07 Å². The number of anilines is 2. The van der Waals surface area contributed by atoms with Crippen molar-refractivity contribution in [3.05, 3.63) is 11.9 Å². The highest BCUT2D eigenvalue weighted by Gasteiger charge is 2.24. The van der Waals surface area contributed by atoms with Crippen LogP contribution in [0.3, 0.4) is 0 Å². The molecule has 1 atom stereocenters. The van der Waals surface area contributed by atoms with Gasteiger partial charge in [-0.05, 0) is 26.2 Å². The SMILES string of the molecule is CCOCc1nc(N)cc(N2CCCC2CC)n1. The van der Waals surface area contributed by atoms with Crippen molar-refractivity contribution >= 4 is 11.6 Å². The first-order valence-electron chi connectivity index (χ1n) is 6.72. The lowest BCUT2D eigenvalue weighted by atomic mass is 10.2. The summed E-state index contributed by atoms with van der Waals surface area (Å²) in [6.07, 6.45) is 3.61. The van der Waals surface area contributed by atoms with Gasteiger partial charge in [0.05, 0.1) is 0 Å². The topological polar surface area (TPSA) is 64.3 Å². The van der Waals surface area contributed by atoms with Crippen molar-refractivity contribution in [3.63, 3.8) is 0 Å². The van der Waals surface area contributed by atoms with Gasteiger partial charge in [-0.25, -0.2) is 9.97 Å². The molecule has 100 valence electrons. The van der Waals surface area contributed by atoms with E-state index >= 15 is 0 Å². The molecule has 0 saturated carbocycles. The molecule has 0 spiro atoms. The van der Waals surface area contributed by atoms with Gasteiger partial charge >= 0.3 is 0 Å². The molecule has 1 aliphatic rings. The van der Waals surface area contributed by atoms with Crippen LogP contribution in [0.4, 0.5) is 11.6 Å². The van der Waals surface area contributed by atoms with E-state index in [0.29, 0.717) is 30.9 Å². The molecule has 1 aromatic heterocycles. The Hall–Kier alpha value is -1.36. The number of hydrogen-bond acceptors (Lipinski definition) is 5. The maximum Gasteiger partial charge on any atom is 0.158 e. The Morgan fingerprint density at radius 3 is 3.00 bits per heavy atom. The van der Waals surface area contributed by atoms with E-state index in [2.05, 4.69) is 21.8 Å². The highest BCUT2D eigenvalue weighted by molar-refractivity contribution is 5.48. The van der Waals surface area contributed by atoms with Gasteiger partial charge < -0.3 is 15.4 Å². The zero-order valence-electron chi connectivity index (χ0n) is 11.2. The molecule has 0 amide bonds. The first-order chi connectivity index (χ1) is 8.74. The molecule has 2 N–H and O–H groups in total. The second-order valence-corrected chi connectivity index (χ2v) is 4.60. The van der Waals surface area contributed by atoms with Crippen molar-refractivity contribution in [2.45, 2.75) is 45.8 Å². The van der Waals surface area contributed by atoms with Gasteiger partial charge in [-0.2, -0.15) is 0 Å². The predicted molar refractivity (Wildman–Crippen MR) is 72.4 cm³/mol. The number of nitrogens with two attached hydrogens (primary N) is 1. The Morgan fingerprint density at radius 2 is 2.28 bits per heavy atom. The molecule has 5 nitrogen and oxygen atoms in total. The number of hydrogen-bond donors (Lipinski definition) is 1. The Balaban J connectivity index is 2.18. The second-order valence-electron chi connectivity index (χ2n) is 4.60. The highest BCUT2D eigenvalue weighted by atomic mass is 16.5. The second kappa shape index (κ2) is 6.00. The molecule has 18 heavy (non-hydrogen) atoms. The minimum atomic E-state index is 0.430. The Kier molecular flexibility index (Phi) is 4.36. The van der Waals surface area contributed by atoms with Crippen LogP contribution in [-0.4, -0.2) is 29.2 Å². The minimum Gasteiger partial charge on any atom is -0.384 e. The summed E-state index contributed by atoms with van der Waals surface area (Å²) in [4.78, 5) is 11.1. The lowest BCUT2D eigenvalue weighted by Crippen LogP contribution is -2.29. The molecule has 5 heteroatoms. The summed E-state index contributed by atoms with van der Waals surface area (Å²) < 4.78 is 5.35. The molecular weight excluding hydrogens is 228 g/mol. The highest BCUT2D eigenvalue weighted by Crippen LogP contribution is 2.26. The van der Waals surface area contributed by atoms with Crippen molar-refractivity contribution in [2.75, 3.05) is 23.8 Å². The van der Waals surface area contributed by atoms with E-state index in [1.54, 1.807) is 0 Å². The smallest absolute Gasteiger partial charge is 0.158 e. The van der Waals surface area contributed by atoms with Gasteiger partial charge in [0.25, 0.3) is 0 Å². The third kappa shape index (κ3) is 2.90. The Labute approximate surface area is 108 Å². The summed E-state index contributed by atoms with van der Waals surface area (Å²) >= 11 is 0. The molecule has 0 bridgehead atoms. The van der Waals surface area contributed by atoms with Crippen molar-refractivity contribution in [3.8, 4) is 0 Å². The fraction of sp³-hybridized carbons (Fsp3) is 0.692. The van der Waals surface area contributed by atoms with Crippen LogP contribution >= 0.6 is 0 Å². The molecule has 0 radical (unpaired) electrons. The Bertz CT molecular complexity index is 397. The molecular formula is C13H22N4O. The van der Waals surface area contributed by atoms with Gasteiger partial charge in [0.15, 0.2) is 5.82 Å². The van der Waals surface area contributed by atoms with E-state index in [9.17, 15) is 0 Å². The first-order valence-corrected chi connectivity index (χ1v) is 6.72. The van der Waals surface area contributed by atoms with Crippen LogP contribution in [0.25, 0.3) is 0 Å². The third-order valence-electron chi connectivity index (χ3n) is 3.36. The first kappa shape index (κ1) is 13.1. The largest absolute Gasteiger partial charge is 0.384 e. The molecule has 0 aromatic carbocycles. The average Bonchev–Trinajstić information content (AvgIpc) is 2.84. The van der Waals surface area contributed by atoms with Crippen molar-refractivity contribution in [2.24, 2.45) is 0 Å². The molecule has 2 rings (SSSR count). The van der Waals surface area contributed by atoms with Crippen LogP contribution in [0, 0.1) is 0 Å². The van der Waals surface area contributed by atoms with Crippen molar-refractivity contribution < 1.29 is 4.74 Å². The van der Waals surface area contributed by atoms with E-state index < -0.39 is 0 Å². The summed E-state index contributed by atoms with van der Waals surface area (Å²) in [7, 11) is 0. The molecule has 0 aliphatic carbocycles. The van der Waals surface area contributed by atoms with Gasteiger partial charge in [0.2, 0.25) is 0 Å². The van der Waals surface area contributed by atoms with Crippen LogP contribution in [0.1, 0.15) is 38.9 Å². The number of nitrogen functional groups attached to an aromatic ring is 1. The van der Waals surface area contributed by atoms with Crippen LogP contribution < -0.4 is 10.6 Å². The number of nitrogens with zero attached hydrogens (tertiary/aromatic N) is 3. The summed E-state index contributed by atoms with van der Waals surface area (Å²) in [6.45, 7) is 6.33. The zero-order valence-corrected chi connectivity index (χ0v) is 11.2. The van der Waals surface area contributed by atoms with Gasteiger partial charge in [-0.15, -0.1) is 0 Å². The predicted octanol–water partition coefficient (Wildman–Crippen LogP) is 1.97. The third-order valence-corrected chi connectivity index (χ3v) is 3.36. The van der Waals surface area contributed by atoms with Gasteiger partial charge in [-0.1, -0.05) is 6.92 Å². The van der Waals surface area contributed by atoms with E-state index in [1.165, 1.54) is 12.8 Å². The maximum atomic E-state index is 5.85. The lowest BCUT2D eigenvalue weighted by molar-refractivity contribution is 0.128. The van der Waals surface area contributed by atoms with E-state index in [0.717, 1.165) is 18.8 Å². The summed E-state index contributed by atoms with van der Waals surface area (Å²) in [5.41, 5.74) is 5.85. The summed E-state index contributed by atoms with van der Waals surface area (Å²) in [6, 6.07) is 2.45. The zero-order chi connectivity index (χ0) is 13.0. The fourth-order valence-corrected chi connectivity index (χ4v) is 2.47. The van der Waals surface area contributed by atoms with Crippen molar-refractivity contribution in [1.82, 2.24) is 9.97 Å². The fourth-order valence-electron chi connectivity index (χ4n) is 2.47. The Morgan fingerprint density at radius 1 is 1.44 bits per heavy atom. The van der Waals surface area contributed by atoms with Gasteiger partial charge in [0.1, 0.15) is 18.2 Å². The molecule has 1 aromatic rings. The molecule has 1 saturated heterocycles. The van der Waals surface area contributed by atoms with Crippen LogP contribution in [0.5, 0.6) is 0 Å². The normalized spacial score (nSPS) is 19.4. The monoisotopic (exact) mass is 250 g/mol. The molecule has 1 aliphatic heterocycles. The molecule has 1 unspecified atom stereocenters. The van der Waals surface area contributed by atoms with Crippen LogP contribution in [-0.2, 0) is 11.3 Å². The van der Waals surface area contributed by atoms with Crippen LogP contribution in [0.2, 0.25) is 0 Å². The number of aromatic nitrogens is 2. The quantitative estimate of drug-likeness (QED) is 0.865. The molecule has 2 heterocycles. The van der Waals surface area contributed by atoms with Gasteiger partial charge in [-0.3, -0.25) is 0 Å². The standard InChI is InChI=1S/C13H22N4O/c1-3-10-6-5-7-17(10)13-8-11(14)15-12(16-13)9-18-4-2/h8,10H,3-7,9H2,1-2H3,(H2,14,15,16). The average molecular weight is 250 g/mol. The maximum absolute atomic E-state index is 5.85. The minimum absolute atomic E-state index is 0.430.